The third kappa shape index (κ3) is 2.54. The van der Waals surface area contributed by atoms with Crippen LogP contribution in [0.15, 0.2) is 35.1 Å². The average Bonchev–Trinajstić information content (AvgIpc) is 2.80. The molecule has 0 spiro atoms. The van der Waals surface area contributed by atoms with E-state index in [1.54, 1.807) is 18.5 Å². The number of pyridine rings is 1. The minimum Gasteiger partial charge on any atom is -0.484 e. The van der Waals surface area contributed by atoms with Crippen LogP contribution in [0.1, 0.15) is 11.5 Å². The summed E-state index contributed by atoms with van der Waals surface area (Å²) in [6.07, 6.45) is 3.22. The molecule has 0 radical (unpaired) electrons. The molecule has 0 amide bonds. The Bertz CT molecular complexity index is 397. The summed E-state index contributed by atoms with van der Waals surface area (Å²) in [5.41, 5.74) is 6.26. The van der Waals surface area contributed by atoms with Crippen molar-refractivity contribution >= 4 is 0 Å². The van der Waals surface area contributed by atoms with Crippen molar-refractivity contribution < 1.29 is 9.26 Å². The molecule has 0 aliphatic carbocycles. The van der Waals surface area contributed by atoms with Crippen LogP contribution in [0.25, 0.3) is 0 Å². The molecule has 0 fully saturated rings. The molecular formula is C10H11N3O2. The molecule has 0 aliphatic heterocycles. The molecule has 78 valence electrons. The van der Waals surface area contributed by atoms with Crippen molar-refractivity contribution in [1.82, 2.24) is 10.1 Å². The molecule has 0 aromatic carbocycles. The molecule has 0 saturated heterocycles. The standard InChI is InChI=1S/C10H11N3O2/c11-5-8-1-2-9(6-12-8)14-7-10-3-4-13-15-10/h1-4,6H,5,7,11H2. The Labute approximate surface area is 86.9 Å². The molecule has 0 bridgehead atoms. The van der Waals surface area contributed by atoms with Gasteiger partial charge in [-0.2, -0.15) is 0 Å². The first-order chi connectivity index (χ1) is 7.38. The van der Waals surface area contributed by atoms with Gasteiger partial charge in [-0.1, -0.05) is 5.16 Å². The normalized spacial score (nSPS) is 10.2. The van der Waals surface area contributed by atoms with Crippen molar-refractivity contribution in [2.75, 3.05) is 0 Å². The fraction of sp³-hybridized carbons (Fsp3) is 0.200. The van der Waals surface area contributed by atoms with Gasteiger partial charge in [-0.25, -0.2) is 0 Å². The maximum absolute atomic E-state index is 5.42. The van der Waals surface area contributed by atoms with Crippen molar-refractivity contribution in [3.05, 3.63) is 42.0 Å². The highest BCUT2D eigenvalue weighted by atomic mass is 16.5. The molecule has 0 saturated carbocycles. The fourth-order valence-corrected chi connectivity index (χ4v) is 1.09. The highest BCUT2D eigenvalue weighted by Crippen LogP contribution is 2.11. The van der Waals surface area contributed by atoms with E-state index in [2.05, 4.69) is 10.1 Å². The second-order valence-corrected chi connectivity index (χ2v) is 2.96. The Morgan fingerprint density at radius 3 is 2.87 bits per heavy atom. The predicted octanol–water partition coefficient (Wildman–Crippen LogP) is 1.11. The summed E-state index contributed by atoms with van der Waals surface area (Å²) in [6, 6.07) is 5.41. The molecule has 15 heavy (non-hydrogen) atoms. The van der Waals surface area contributed by atoms with Gasteiger partial charge in [0.1, 0.15) is 12.4 Å². The Balaban J connectivity index is 1.93. The molecule has 0 atom stereocenters. The lowest BCUT2D eigenvalue weighted by Crippen LogP contribution is -2.00. The number of nitrogens with zero attached hydrogens (tertiary/aromatic N) is 2. The van der Waals surface area contributed by atoms with E-state index in [1.165, 1.54) is 0 Å². The molecule has 5 nitrogen and oxygen atoms in total. The number of aromatic nitrogens is 2. The quantitative estimate of drug-likeness (QED) is 0.809. The maximum atomic E-state index is 5.42. The summed E-state index contributed by atoms with van der Waals surface area (Å²) in [7, 11) is 0. The molecule has 0 unspecified atom stereocenters. The van der Waals surface area contributed by atoms with Gasteiger partial charge in [0.15, 0.2) is 5.76 Å². The van der Waals surface area contributed by atoms with Gasteiger partial charge in [0.2, 0.25) is 0 Å². The zero-order valence-corrected chi connectivity index (χ0v) is 8.09. The highest BCUT2D eigenvalue weighted by Gasteiger charge is 1.99. The van der Waals surface area contributed by atoms with Gasteiger partial charge in [0.25, 0.3) is 0 Å². The van der Waals surface area contributed by atoms with Gasteiger partial charge in [0, 0.05) is 12.6 Å². The number of hydrogen-bond acceptors (Lipinski definition) is 5. The third-order valence-electron chi connectivity index (χ3n) is 1.88. The Hall–Kier alpha value is -1.88. The predicted molar refractivity (Wildman–Crippen MR) is 53.0 cm³/mol. The highest BCUT2D eigenvalue weighted by molar-refractivity contribution is 5.19. The minimum atomic E-state index is 0.351. The van der Waals surface area contributed by atoms with Crippen LogP contribution in [-0.2, 0) is 13.2 Å². The summed E-state index contributed by atoms with van der Waals surface area (Å²) in [5.74, 6) is 1.36. The Kier molecular flexibility index (Phi) is 2.94. The topological polar surface area (TPSA) is 74.2 Å². The molecule has 0 aliphatic rings. The van der Waals surface area contributed by atoms with Gasteiger partial charge < -0.3 is 15.0 Å². The maximum Gasteiger partial charge on any atom is 0.174 e. The smallest absolute Gasteiger partial charge is 0.174 e. The minimum absolute atomic E-state index is 0.351. The average molecular weight is 205 g/mol. The monoisotopic (exact) mass is 205 g/mol. The van der Waals surface area contributed by atoms with E-state index in [0.717, 1.165) is 5.69 Å². The van der Waals surface area contributed by atoms with E-state index in [9.17, 15) is 0 Å². The summed E-state index contributed by atoms with van der Waals surface area (Å²) in [6.45, 7) is 0.784. The molecular weight excluding hydrogens is 194 g/mol. The summed E-state index contributed by atoms with van der Waals surface area (Å²) >= 11 is 0. The molecule has 2 aromatic rings. The lowest BCUT2D eigenvalue weighted by Gasteiger charge is -2.03. The van der Waals surface area contributed by atoms with Crippen LogP contribution in [0.2, 0.25) is 0 Å². The third-order valence-corrected chi connectivity index (χ3v) is 1.88. The van der Waals surface area contributed by atoms with Gasteiger partial charge in [-0.15, -0.1) is 0 Å². The van der Waals surface area contributed by atoms with Gasteiger partial charge in [-0.05, 0) is 12.1 Å². The van der Waals surface area contributed by atoms with Crippen LogP contribution in [-0.4, -0.2) is 10.1 Å². The van der Waals surface area contributed by atoms with Crippen molar-refractivity contribution in [3.8, 4) is 5.75 Å². The van der Waals surface area contributed by atoms with Gasteiger partial charge in [-0.3, -0.25) is 4.98 Å². The first-order valence-corrected chi connectivity index (χ1v) is 4.56. The molecule has 2 N–H and O–H groups in total. The number of rotatable bonds is 4. The van der Waals surface area contributed by atoms with E-state index in [4.69, 9.17) is 15.0 Å². The zero-order chi connectivity index (χ0) is 10.5. The van der Waals surface area contributed by atoms with Crippen LogP contribution in [0.3, 0.4) is 0 Å². The van der Waals surface area contributed by atoms with Crippen molar-refractivity contribution in [2.45, 2.75) is 13.2 Å². The molecule has 2 rings (SSSR count). The van der Waals surface area contributed by atoms with E-state index in [-0.39, 0.29) is 0 Å². The first kappa shape index (κ1) is 9.67. The van der Waals surface area contributed by atoms with Crippen LogP contribution in [0, 0.1) is 0 Å². The van der Waals surface area contributed by atoms with E-state index in [1.807, 2.05) is 12.1 Å². The summed E-state index contributed by atoms with van der Waals surface area (Å²) in [4.78, 5) is 4.10. The van der Waals surface area contributed by atoms with E-state index in [0.29, 0.717) is 24.7 Å². The van der Waals surface area contributed by atoms with Crippen LogP contribution < -0.4 is 10.5 Å². The summed E-state index contributed by atoms with van der Waals surface area (Å²) < 4.78 is 10.3. The Morgan fingerprint density at radius 1 is 1.33 bits per heavy atom. The number of hydrogen-bond donors (Lipinski definition) is 1. The van der Waals surface area contributed by atoms with Crippen LogP contribution >= 0.6 is 0 Å². The summed E-state index contributed by atoms with van der Waals surface area (Å²) in [5, 5.41) is 3.57. The molecule has 2 heterocycles. The number of ether oxygens (including phenoxy) is 1. The lowest BCUT2D eigenvalue weighted by atomic mass is 10.3. The van der Waals surface area contributed by atoms with E-state index >= 15 is 0 Å². The molecule has 5 heteroatoms. The second-order valence-electron chi connectivity index (χ2n) is 2.96. The lowest BCUT2D eigenvalue weighted by molar-refractivity contribution is 0.248. The SMILES string of the molecule is NCc1ccc(OCc2ccno2)cn1. The second kappa shape index (κ2) is 4.56. The van der Waals surface area contributed by atoms with Gasteiger partial charge in [0.05, 0.1) is 18.1 Å². The van der Waals surface area contributed by atoms with Gasteiger partial charge >= 0.3 is 0 Å². The fourth-order valence-electron chi connectivity index (χ4n) is 1.09. The number of nitrogens with two attached hydrogens (primary N) is 1. The van der Waals surface area contributed by atoms with E-state index < -0.39 is 0 Å². The first-order valence-electron chi connectivity index (χ1n) is 4.56. The Morgan fingerprint density at radius 2 is 2.27 bits per heavy atom. The largest absolute Gasteiger partial charge is 0.484 e. The van der Waals surface area contributed by atoms with Crippen molar-refractivity contribution in [2.24, 2.45) is 5.73 Å². The zero-order valence-electron chi connectivity index (χ0n) is 8.09. The molecule has 2 aromatic heterocycles. The van der Waals surface area contributed by atoms with Crippen molar-refractivity contribution in [1.29, 1.82) is 0 Å². The van der Waals surface area contributed by atoms with Crippen LogP contribution in [0.5, 0.6) is 5.75 Å². The van der Waals surface area contributed by atoms with Crippen molar-refractivity contribution in [3.63, 3.8) is 0 Å². The van der Waals surface area contributed by atoms with Crippen LogP contribution in [0.4, 0.5) is 0 Å².